The Morgan fingerprint density at radius 3 is 2.65 bits per heavy atom. The molecule has 0 unspecified atom stereocenters. The van der Waals surface area contributed by atoms with Gasteiger partial charge in [-0.15, -0.1) is 0 Å². The van der Waals surface area contributed by atoms with Gasteiger partial charge in [-0.05, 0) is 61.0 Å². The number of aromatic nitrogens is 1. The molecule has 1 spiro atoms. The summed E-state index contributed by atoms with van der Waals surface area (Å²) < 4.78 is 51.5. The quantitative estimate of drug-likeness (QED) is 0.401. The standard InChI is InChI=1S/C31H39F3N6O6/c1-14(35)19-10-31(28(43)38-25-20(46-31)6-5-7-36-25)13-40(19)26(41)23-22-16-8-15(9-18(16)32)17(22)11-39(23)27(42)24(30(2,3)4)37-29(44)45-12-21(33)34/h5-7,15-19,21-24,35H,8-13H2,1-4H3,(H,37,44)(H,36,38,43)/t15-,16+,17+,18+,19-,22-,23-,24+,31+/m0/s1. The number of ether oxygens (including phenoxy) is 2. The molecule has 9 atom stereocenters. The molecule has 1 aromatic heterocycles. The maximum absolute atomic E-state index is 15.3. The Hall–Kier alpha value is -3.91. The van der Waals surface area contributed by atoms with Crippen LogP contribution >= 0.6 is 0 Å². The van der Waals surface area contributed by atoms with Gasteiger partial charge in [0.25, 0.3) is 12.3 Å². The molecule has 6 rings (SSSR count). The van der Waals surface area contributed by atoms with Crippen molar-refractivity contribution < 1.29 is 41.8 Å². The summed E-state index contributed by atoms with van der Waals surface area (Å²) >= 11 is 0. The van der Waals surface area contributed by atoms with Crippen molar-refractivity contribution in [3.8, 4) is 5.75 Å². The molecule has 4 fully saturated rings. The Bertz CT molecular complexity index is 1460. The topological polar surface area (TPSA) is 154 Å². The minimum absolute atomic E-state index is 0.0110. The number of carbonyl (C=O) groups is 4. The molecule has 12 nitrogen and oxygen atoms in total. The summed E-state index contributed by atoms with van der Waals surface area (Å²) in [5.74, 6) is -2.26. The fourth-order valence-corrected chi connectivity index (χ4v) is 8.31. The van der Waals surface area contributed by atoms with Crippen LogP contribution in [0.5, 0.6) is 5.75 Å². The first-order valence-corrected chi connectivity index (χ1v) is 15.6. The molecule has 46 heavy (non-hydrogen) atoms. The fraction of sp³-hybridized carbons (Fsp3) is 0.677. The van der Waals surface area contributed by atoms with Crippen LogP contribution in [-0.4, -0.2) is 100 Å². The second-order valence-electron chi connectivity index (χ2n) is 14.3. The highest BCUT2D eigenvalue weighted by Gasteiger charge is 2.65. The van der Waals surface area contributed by atoms with Gasteiger partial charge in [0.05, 0.1) is 12.6 Å². The highest BCUT2D eigenvalue weighted by Crippen LogP contribution is 2.59. The molecule has 5 aliphatic rings. The normalized spacial score (nSPS) is 33.4. The maximum atomic E-state index is 15.3. The van der Waals surface area contributed by atoms with Crippen LogP contribution in [0.3, 0.4) is 0 Å². The lowest BCUT2D eigenvalue weighted by Gasteiger charge is -2.39. The van der Waals surface area contributed by atoms with E-state index in [4.69, 9.17) is 10.1 Å². The lowest BCUT2D eigenvalue weighted by atomic mass is 9.77. The van der Waals surface area contributed by atoms with Gasteiger partial charge in [-0.3, -0.25) is 14.4 Å². The van der Waals surface area contributed by atoms with E-state index >= 15 is 4.39 Å². The molecule has 2 bridgehead atoms. The Morgan fingerprint density at radius 1 is 1.24 bits per heavy atom. The van der Waals surface area contributed by atoms with E-state index < -0.39 is 84.0 Å². The maximum Gasteiger partial charge on any atom is 0.408 e. The molecule has 0 radical (unpaired) electrons. The van der Waals surface area contributed by atoms with E-state index in [9.17, 15) is 28.0 Å². The van der Waals surface area contributed by atoms with Crippen molar-refractivity contribution in [2.24, 2.45) is 29.1 Å². The van der Waals surface area contributed by atoms with Crippen molar-refractivity contribution in [3.05, 3.63) is 18.3 Å². The van der Waals surface area contributed by atoms with E-state index in [2.05, 4.69) is 20.4 Å². The second-order valence-corrected chi connectivity index (χ2v) is 14.3. The summed E-state index contributed by atoms with van der Waals surface area (Å²) in [4.78, 5) is 61.9. The first kappa shape index (κ1) is 32.0. The van der Waals surface area contributed by atoms with Crippen LogP contribution in [0, 0.1) is 34.5 Å². The number of carbonyl (C=O) groups excluding carboxylic acids is 4. The minimum atomic E-state index is -2.90. The summed E-state index contributed by atoms with van der Waals surface area (Å²) in [5.41, 5.74) is -2.33. The van der Waals surface area contributed by atoms with Gasteiger partial charge < -0.3 is 35.3 Å². The first-order valence-electron chi connectivity index (χ1n) is 15.6. The second kappa shape index (κ2) is 11.4. The number of fused-ring (bicyclic) bond motifs is 6. The molecule has 0 aromatic carbocycles. The predicted molar refractivity (Wildman–Crippen MR) is 157 cm³/mol. The number of hydrogen-bond acceptors (Lipinski definition) is 8. The summed E-state index contributed by atoms with van der Waals surface area (Å²) in [6.07, 6.45) is -2.81. The summed E-state index contributed by atoms with van der Waals surface area (Å²) in [6.45, 7) is 5.37. The van der Waals surface area contributed by atoms with Crippen molar-refractivity contribution in [2.75, 3.05) is 25.0 Å². The Kier molecular flexibility index (Phi) is 7.95. The van der Waals surface area contributed by atoms with Crippen molar-refractivity contribution in [2.45, 2.75) is 83.3 Å². The molecule has 3 N–H and O–H groups in total. The third-order valence-corrected chi connectivity index (χ3v) is 10.4. The van der Waals surface area contributed by atoms with Crippen LogP contribution < -0.4 is 15.4 Å². The summed E-state index contributed by atoms with van der Waals surface area (Å²) in [7, 11) is 0. The number of halogens is 3. The Morgan fingerprint density at radius 2 is 1.98 bits per heavy atom. The van der Waals surface area contributed by atoms with Gasteiger partial charge in [0.15, 0.2) is 18.2 Å². The molecular formula is C31H39F3N6O6. The zero-order chi connectivity index (χ0) is 33.3. The molecule has 2 saturated heterocycles. The zero-order valence-electron chi connectivity index (χ0n) is 26.1. The van der Waals surface area contributed by atoms with E-state index in [1.807, 2.05) is 0 Å². The number of amides is 4. The van der Waals surface area contributed by atoms with Gasteiger partial charge >= 0.3 is 6.09 Å². The van der Waals surface area contributed by atoms with E-state index in [1.54, 1.807) is 32.9 Å². The van der Waals surface area contributed by atoms with E-state index in [0.29, 0.717) is 18.6 Å². The smallest absolute Gasteiger partial charge is 0.408 e. The molecule has 250 valence electrons. The highest BCUT2D eigenvalue weighted by molar-refractivity contribution is 6.03. The fourth-order valence-electron chi connectivity index (χ4n) is 8.31. The first-order chi connectivity index (χ1) is 21.6. The number of likely N-dealkylation sites (tertiary alicyclic amines) is 2. The number of hydrogen-bond donors (Lipinski definition) is 3. The predicted octanol–water partition coefficient (Wildman–Crippen LogP) is 3.02. The van der Waals surface area contributed by atoms with Gasteiger partial charge in [-0.1, -0.05) is 20.8 Å². The van der Waals surface area contributed by atoms with Gasteiger partial charge in [0, 0.05) is 24.9 Å². The Labute approximate surface area is 264 Å². The van der Waals surface area contributed by atoms with Crippen LogP contribution in [0.4, 0.5) is 23.8 Å². The number of nitrogens with one attached hydrogen (secondary N) is 3. The van der Waals surface area contributed by atoms with Crippen LogP contribution in [-0.2, 0) is 19.1 Å². The van der Waals surface area contributed by atoms with E-state index in [0.717, 1.165) is 0 Å². The largest absolute Gasteiger partial charge is 0.472 e. The number of pyridine rings is 1. The molecule has 4 heterocycles. The highest BCUT2D eigenvalue weighted by atomic mass is 19.3. The van der Waals surface area contributed by atoms with Crippen molar-refractivity contribution in [1.29, 1.82) is 5.41 Å². The van der Waals surface area contributed by atoms with E-state index in [1.165, 1.54) is 22.9 Å². The number of alkyl halides is 3. The third kappa shape index (κ3) is 5.34. The average molecular weight is 649 g/mol. The van der Waals surface area contributed by atoms with Crippen LogP contribution in [0.2, 0.25) is 0 Å². The Balaban J connectivity index is 1.33. The third-order valence-electron chi connectivity index (χ3n) is 10.4. The van der Waals surface area contributed by atoms with E-state index in [-0.39, 0.29) is 42.9 Å². The molecule has 1 aromatic rings. The molecule has 15 heteroatoms. The molecule has 2 aliphatic carbocycles. The van der Waals surface area contributed by atoms with Crippen molar-refractivity contribution in [1.82, 2.24) is 20.1 Å². The van der Waals surface area contributed by atoms with Crippen molar-refractivity contribution >= 4 is 35.3 Å². The van der Waals surface area contributed by atoms with Crippen molar-refractivity contribution in [3.63, 3.8) is 0 Å². The monoisotopic (exact) mass is 648 g/mol. The van der Waals surface area contributed by atoms with Gasteiger partial charge in [-0.2, -0.15) is 0 Å². The van der Waals surface area contributed by atoms with Gasteiger partial charge in [-0.25, -0.2) is 22.9 Å². The zero-order valence-corrected chi connectivity index (χ0v) is 26.1. The lowest BCUT2D eigenvalue weighted by molar-refractivity contribution is -0.149. The molecule has 3 aliphatic heterocycles. The number of anilines is 1. The molecule has 4 amide bonds. The van der Waals surface area contributed by atoms with Crippen LogP contribution in [0.15, 0.2) is 18.3 Å². The number of rotatable bonds is 6. The van der Waals surface area contributed by atoms with Crippen LogP contribution in [0.25, 0.3) is 0 Å². The molecule has 2 saturated carbocycles. The number of nitrogens with zero attached hydrogens (tertiary/aromatic N) is 3. The van der Waals surface area contributed by atoms with Gasteiger partial charge in [0.2, 0.25) is 17.4 Å². The minimum Gasteiger partial charge on any atom is -0.472 e. The lowest BCUT2D eigenvalue weighted by Crippen LogP contribution is -2.60. The van der Waals surface area contributed by atoms with Crippen LogP contribution in [0.1, 0.15) is 47.0 Å². The van der Waals surface area contributed by atoms with Gasteiger partial charge in [0.1, 0.15) is 18.3 Å². The average Bonchev–Trinajstić information content (AvgIpc) is 3.74. The summed E-state index contributed by atoms with van der Waals surface area (Å²) in [6, 6.07) is 0.0625. The number of alkyl carbamates (subject to hydrolysis) is 1. The molecular weight excluding hydrogens is 609 g/mol. The summed E-state index contributed by atoms with van der Waals surface area (Å²) in [5, 5.41) is 13.7. The SMILES string of the molecule is CC(=N)[C@@H]1C[C@]2(CN1C(=O)[C@@H]1[C@@H]3[C@H](CN1C(=O)[C@@H](NC(=O)OCC(F)F)C(C)(C)C)[C@H]1C[C@@H]3[C@H](F)C1)Oc1cccnc1NC2=O.